The van der Waals surface area contributed by atoms with Crippen LogP contribution < -0.4 is 20.7 Å². The van der Waals surface area contributed by atoms with Crippen molar-refractivity contribution in [1.29, 1.82) is 0 Å². The molecule has 4 heterocycles. The number of tetrazole rings is 1. The second-order valence-corrected chi connectivity index (χ2v) is 10.0. The van der Waals surface area contributed by atoms with Crippen LogP contribution in [0.25, 0.3) is 11.4 Å². The zero-order valence-electron chi connectivity index (χ0n) is 20.8. The molecule has 2 aliphatic rings. The highest BCUT2D eigenvalue weighted by Gasteiger charge is 2.24. The van der Waals surface area contributed by atoms with Crippen LogP contribution in [0.3, 0.4) is 0 Å². The van der Waals surface area contributed by atoms with Gasteiger partial charge in [-0.1, -0.05) is 6.42 Å². The number of aromatic nitrogens is 6. The zero-order valence-corrected chi connectivity index (χ0v) is 20.8. The molecule has 35 heavy (non-hydrogen) atoms. The average Bonchev–Trinajstić information content (AvgIpc) is 3.33. The molecule has 2 atom stereocenters. The maximum atomic E-state index is 13.1. The molecule has 0 spiro atoms. The minimum atomic E-state index is -0.402. The van der Waals surface area contributed by atoms with Gasteiger partial charge < -0.3 is 15.1 Å². The number of hydrogen-bond acceptors (Lipinski definition) is 8. The van der Waals surface area contributed by atoms with Gasteiger partial charge in [0.25, 0.3) is 5.56 Å². The Kier molecular flexibility index (Phi) is 6.81. The Morgan fingerprint density at radius 2 is 2.03 bits per heavy atom. The topological polar surface area (TPSA) is 97.0 Å². The van der Waals surface area contributed by atoms with E-state index in [2.05, 4.69) is 30.6 Å². The molecular weight excluding hydrogens is 442 g/mol. The Bertz CT molecular complexity index is 1200. The summed E-state index contributed by atoms with van der Waals surface area (Å²) in [6.45, 7) is 4.94. The van der Waals surface area contributed by atoms with Gasteiger partial charge in [-0.05, 0) is 62.4 Å². The lowest BCUT2D eigenvalue weighted by Crippen LogP contribution is -2.47. The van der Waals surface area contributed by atoms with Crippen LogP contribution in [0.15, 0.2) is 41.6 Å². The molecule has 0 aromatic carbocycles. The first kappa shape index (κ1) is 23.5. The van der Waals surface area contributed by atoms with E-state index in [-0.39, 0.29) is 5.56 Å². The van der Waals surface area contributed by atoms with E-state index in [0.717, 1.165) is 48.9 Å². The minimum Gasteiger partial charge on any atom is -0.376 e. The summed E-state index contributed by atoms with van der Waals surface area (Å²) >= 11 is 0. The predicted octanol–water partition coefficient (Wildman–Crippen LogP) is 2.39. The monoisotopic (exact) mass is 477 g/mol. The van der Waals surface area contributed by atoms with E-state index in [0.29, 0.717) is 11.9 Å². The van der Waals surface area contributed by atoms with Crippen molar-refractivity contribution in [3.05, 3.63) is 47.1 Å². The number of hydrogen-bond donors (Lipinski definition) is 1. The number of pyridine rings is 2. The van der Waals surface area contributed by atoms with Crippen LogP contribution in [-0.4, -0.2) is 69.5 Å². The van der Waals surface area contributed by atoms with E-state index in [4.69, 9.17) is 0 Å². The van der Waals surface area contributed by atoms with Crippen molar-refractivity contribution in [1.82, 2.24) is 35.1 Å². The molecular formula is C25H35N9O. The van der Waals surface area contributed by atoms with Gasteiger partial charge in [-0.25, -0.2) is 0 Å². The standard InChI is InChI=1S/C25H35N9O/c1-18(34-29-25(28-30-34)20-12-23(31(2)3)16-26-15-20)33-11-9-22(13-24(33)35)32-10-5-8-21(17-32)27-14-19-6-4-7-19/h9,11-13,15-16,18-19,21,27H,4-8,10,14,17H2,1-3H3/t18?,21-/m1/s1. The van der Waals surface area contributed by atoms with Gasteiger partial charge >= 0.3 is 0 Å². The molecule has 2 fully saturated rings. The molecule has 0 bridgehead atoms. The van der Waals surface area contributed by atoms with Crippen LogP contribution in [0.4, 0.5) is 11.4 Å². The maximum Gasteiger partial charge on any atom is 0.254 e. The van der Waals surface area contributed by atoms with Gasteiger partial charge in [0.2, 0.25) is 5.82 Å². The normalized spacial score (nSPS) is 19.4. The summed E-state index contributed by atoms with van der Waals surface area (Å²) in [4.78, 5) is 23.1. The molecule has 0 amide bonds. The number of nitrogens with zero attached hydrogens (tertiary/aromatic N) is 8. The number of nitrogens with one attached hydrogen (secondary N) is 1. The van der Waals surface area contributed by atoms with Crippen LogP contribution in [0.2, 0.25) is 0 Å². The average molecular weight is 478 g/mol. The summed E-state index contributed by atoms with van der Waals surface area (Å²) in [5.41, 5.74) is 2.64. The van der Waals surface area contributed by atoms with E-state index >= 15 is 0 Å². The Morgan fingerprint density at radius 1 is 1.17 bits per heavy atom. The first-order valence-corrected chi connectivity index (χ1v) is 12.6. The highest BCUT2D eigenvalue weighted by molar-refractivity contribution is 5.60. The summed E-state index contributed by atoms with van der Waals surface area (Å²) < 4.78 is 1.64. The van der Waals surface area contributed by atoms with Crippen molar-refractivity contribution in [3.8, 4) is 11.4 Å². The number of piperidine rings is 1. The van der Waals surface area contributed by atoms with Gasteiger partial charge in [0.1, 0.15) is 6.17 Å². The highest BCUT2D eigenvalue weighted by Crippen LogP contribution is 2.26. The third-order valence-corrected chi connectivity index (χ3v) is 7.30. The van der Waals surface area contributed by atoms with E-state index in [1.54, 1.807) is 23.0 Å². The quantitative estimate of drug-likeness (QED) is 0.528. The molecule has 186 valence electrons. The fraction of sp³-hybridized carbons (Fsp3) is 0.560. The first-order chi connectivity index (χ1) is 17.0. The van der Waals surface area contributed by atoms with E-state index in [1.807, 2.05) is 44.2 Å². The summed E-state index contributed by atoms with van der Waals surface area (Å²) in [6, 6.07) is 6.21. The lowest BCUT2D eigenvalue weighted by molar-refractivity contribution is 0.280. The summed E-state index contributed by atoms with van der Waals surface area (Å²) in [6.07, 6.45) is 11.4. The zero-order chi connectivity index (χ0) is 24.4. The van der Waals surface area contributed by atoms with Gasteiger partial charge in [-0.2, -0.15) is 0 Å². The number of rotatable bonds is 8. The lowest BCUT2D eigenvalue weighted by atomic mass is 9.85. The van der Waals surface area contributed by atoms with Crippen LogP contribution in [-0.2, 0) is 0 Å². The SMILES string of the molecule is CC(n1nnc(-c2cncc(N(C)C)c2)n1)n1ccc(N2CCC[C@@H](NCC3CCC3)C2)cc1=O. The van der Waals surface area contributed by atoms with Crippen molar-refractivity contribution < 1.29 is 0 Å². The molecule has 1 unspecified atom stereocenters. The van der Waals surface area contributed by atoms with Gasteiger partial charge in [0, 0.05) is 62.9 Å². The molecule has 1 aliphatic heterocycles. The largest absolute Gasteiger partial charge is 0.376 e. The van der Waals surface area contributed by atoms with Gasteiger partial charge in [0.05, 0.1) is 11.9 Å². The second-order valence-electron chi connectivity index (χ2n) is 10.0. The maximum absolute atomic E-state index is 13.1. The van der Waals surface area contributed by atoms with Crippen molar-refractivity contribution in [3.63, 3.8) is 0 Å². The van der Waals surface area contributed by atoms with Gasteiger partial charge in [-0.3, -0.25) is 14.3 Å². The second kappa shape index (κ2) is 10.2. The summed E-state index contributed by atoms with van der Waals surface area (Å²) in [7, 11) is 3.91. The van der Waals surface area contributed by atoms with E-state index < -0.39 is 6.17 Å². The molecule has 5 rings (SSSR count). The van der Waals surface area contributed by atoms with Crippen molar-refractivity contribution in [2.75, 3.05) is 43.5 Å². The fourth-order valence-corrected chi connectivity index (χ4v) is 4.80. The summed E-state index contributed by atoms with van der Waals surface area (Å²) in [5, 5.41) is 16.7. The van der Waals surface area contributed by atoms with Gasteiger partial charge in [0.15, 0.2) is 0 Å². The number of anilines is 2. The van der Waals surface area contributed by atoms with E-state index in [9.17, 15) is 4.79 Å². The Morgan fingerprint density at radius 3 is 2.77 bits per heavy atom. The molecule has 1 saturated heterocycles. The lowest BCUT2D eigenvalue weighted by Gasteiger charge is -2.36. The van der Waals surface area contributed by atoms with Crippen molar-refractivity contribution in [2.45, 2.75) is 51.2 Å². The summed E-state index contributed by atoms with van der Waals surface area (Å²) in [5.74, 6) is 1.33. The van der Waals surface area contributed by atoms with Crippen LogP contribution >= 0.6 is 0 Å². The van der Waals surface area contributed by atoms with Crippen LogP contribution in [0.1, 0.15) is 45.2 Å². The highest BCUT2D eigenvalue weighted by atomic mass is 16.1. The van der Waals surface area contributed by atoms with Crippen molar-refractivity contribution in [2.24, 2.45) is 5.92 Å². The van der Waals surface area contributed by atoms with Gasteiger partial charge in [-0.15, -0.1) is 15.0 Å². The first-order valence-electron chi connectivity index (χ1n) is 12.6. The molecule has 10 nitrogen and oxygen atoms in total. The van der Waals surface area contributed by atoms with Crippen LogP contribution in [0.5, 0.6) is 0 Å². The predicted molar refractivity (Wildman–Crippen MR) is 137 cm³/mol. The molecule has 3 aromatic heterocycles. The fourth-order valence-electron chi connectivity index (χ4n) is 4.80. The molecule has 10 heteroatoms. The Labute approximate surface area is 206 Å². The Balaban J connectivity index is 1.27. The minimum absolute atomic E-state index is 0.0744. The third-order valence-electron chi connectivity index (χ3n) is 7.30. The molecule has 1 saturated carbocycles. The van der Waals surface area contributed by atoms with Crippen molar-refractivity contribution >= 4 is 11.4 Å². The van der Waals surface area contributed by atoms with Crippen LogP contribution in [0, 0.1) is 5.92 Å². The van der Waals surface area contributed by atoms with E-state index in [1.165, 1.54) is 30.5 Å². The molecule has 0 radical (unpaired) electrons. The molecule has 3 aromatic rings. The Hall–Kier alpha value is -3.27. The molecule has 1 N–H and O–H groups in total. The molecule has 1 aliphatic carbocycles. The smallest absolute Gasteiger partial charge is 0.254 e. The third kappa shape index (κ3) is 5.22.